The molecule has 1 fully saturated rings. The summed E-state index contributed by atoms with van der Waals surface area (Å²) in [5.41, 5.74) is 1.17. The van der Waals surface area contributed by atoms with Gasteiger partial charge in [-0.1, -0.05) is 63.8 Å². The van der Waals surface area contributed by atoms with Crippen molar-refractivity contribution in [3.63, 3.8) is 0 Å². The summed E-state index contributed by atoms with van der Waals surface area (Å²) in [6.07, 6.45) is 7.12. The molecule has 1 aliphatic rings. The van der Waals surface area contributed by atoms with E-state index in [1.807, 2.05) is 31.2 Å². The molecule has 0 saturated heterocycles. The molecule has 0 spiro atoms. The molecule has 36 heavy (non-hydrogen) atoms. The van der Waals surface area contributed by atoms with Gasteiger partial charge in [0.05, 0.1) is 30.3 Å². The Morgan fingerprint density at radius 1 is 1.19 bits per heavy atom. The Labute approximate surface area is 225 Å². The fourth-order valence-electron chi connectivity index (χ4n) is 4.38. The van der Waals surface area contributed by atoms with E-state index in [2.05, 4.69) is 41.8 Å². The first-order valence-electron chi connectivity index (χ1n) is 12.5. The van der Waals surface area contributed by atoms with Crippen LogP contribution in [0.3, 0.4) is 0 Å². The van der Waals surface area contributed by atoms with Crippen LogP contribution in [0.2, 0.25) is 5.02 Å². The molecule has 1 aliphatic carbocycles. The van der Waals surface area contributed by atoms with Crippen LogP contribution in [0.4, 0.5) is 0 Å². The molecular weight excluding hydrogens is 542 g/mol. The van der Waals surface area contributed by atoms with Crippen molar-refractivity contribution in [1.82, 2.24) is 9.66 Å². The van der Waals surface area contributed by atoms with Crippen LogP contribution in [0.5, 0.6) is 11.5 Å². The molecule has 0 unspecified atom stereocenters. The maximum atomic E-state index is 13.5. The molecule has 3 aromatic rings. The monoisotopic (exact) mass is 573 g/mol. The highest BCUT2D eigenvalue weighted by Gasteiger charge is 2.23. The van der Waals surface area contributed by atoms with Gasteiger partial charge in [0.2, 0.25) is 0 Å². The molecule has 192 valence electrons. The third-order valence-electron chi connectivity index (χ3n) is 6.17. The third-order valence-corrected chi connectivity index (χ3v) is 7.61. The second-order valence-corrected chi connectivity index (χ2v) is 11.6. The van der Waals surface area contributed by atoms with Gasteiger partial charge in [0.1, 0.15) is 10.8 Å². The van der Waals surface area contributed by atoms with E-state index in [0.717, 1.165) is 25.7 Å². The van der Waals surface area contributed by atoms with Gasteiger partial charge in [0.15, 0.2) is 11.5 Å². The minimum Gasteiger partial charge on any atom is -0.490 e. The molecule has 0 atom stereocenters. The summed E-state index contributed by atoms with van der Waals surface area (Å²) in [4.78, 5) is 18.4. The van der Waals surface area contributed by atoms with Gasteiger partial charge in [-0.05, 0) is 59.3 Å². The Balaban J connectivity index is 1.79. The van der Waals surface area contributed by atoms with Crippen molar-refractivity contribution < 1.29 is 9.47 Å². The summed E-state index contributed by atoms with van der Waals surface area (Å²) in [5.74, 6) is 1.94. The Hall–Kier alpha value is -2.38. The SMILES string of the molecule is CCOc1cc(C=Nn2c(C3CCCCC3)nc3ccccc3c2=O)c(Br)c(Cl)c1OCC(C)(C)C. The lowest BCUT2D eigenvalue weighted by Gasteiger charge is -2.23. The normalized spacial score (nSPS) is 15.1. The van der Waals surface area contributed by atoms with Crippen LogP contribution in [-0.2, 0) is 0 Å². The lowest BCUT2D eigenvalue weighted by Crippen LogP contribution is -2.25. The summed E-state index contributed by atoms with van der Waals surface area (Å²) < 4.78 is 14.0. The van der Waals surface area contributed by atoms with Crippen LogP contribution >= 0.6 is 27.5 Å². The molecule has 1 heterocycles. The number of hydrogen-bond acceptors (Lipinski definition) is 5. The van der Waals surface area contributed by atoms with E-state index in [4.69, 9.17) is 26.1 Å². The van der Waals surface area contributed by atoms with Crippen molar-refractivity contribution in [3.05, 3.63) is 61.6 Å². The average Bonchev–Trinajstić information content (AvgIpc) is 2.86. The average molecular weight is 575 g/mol. The van der Waals surface area contributed by atoms with E-state index >= 15 is 0 Å². The van der Waals surface area contributed by atoms with Gasteiger partial charge in [-0.2, -0.15) is 9.78 Å². The maximum Gasteiger partial charge on any atom is 0.282 e. The Morgan fingerprint density at radius 2 is 1.92 bits per heavy atom. The van der Waals surface area contributed by atoms with Crippen LogP contribution in [0.25, 0.3) is 10.9 Å². The topological polar surface area (TPSA) is 65.7 Å². The minimum absolute atomic E-state index is 0.0425. The van der Waals surface area contributed by atoms with Gasteiger partial charge in [-0.25, -0.2) is 4.98 Å². The van der Waals surface area contributed by atoms with Crippen molar-refractivity contribution in [2.24, 2.45) is 10.5 Å². The molecule has 6 nitrogen and oxygen atoms in total. The van der Waals surface area contributed by atoms with Crippen LogP contribution in [0.15, 0.2) is 44.7 Å². The lowest BCUT2D eigenvalue weighted by molar-refractivity contribution is 0.188. The number of rotatable bonds is 7. The zero-order chi connectivity index (χ0) is 25.9. The molecule has 0 N–H and O–H groups in total. The third kappa shape index (κ3) is 5.94. The summed E-state index contributed by atoms with van der Waals surface area (Å²) >= 11 is 10.3. The first-order chi connectivity index (χ1) is 17.2. The lowest BCUT2D eigenvalue weighted by atomic mass is 9.88. The van der Waals surface area contributed by atoms with Crippen molar-refractivity contribution in [2.45, 2.75) is 65.7 Å². The van der Waals surface area contributed by atoms with E-state index in [-0.39, 0.29) is 16.9 Å². The van der Waals surface area contributed by atoms with Gasteiger partial charge in [0, 0.05) is 16.0 Å². The van der Waals surface area contributed by atoms with Crippen molar-refractivity contribution in [2.75, 3.05) is 13.2 Å². The zero-order valence-corrected chi connectivity index (χ0v) is 23.7. The molecule has 1 saturated carbocycles. The van der Waals surface area contributed by atoms with E-state index in [9.17, 15) is 4.79 Å². The summed E-state index contributed by atoms with van der Waals surface area (Å²) in [6, 6.07) is 9.27. The smallest absolute Gasteiger partial charge is 0.282 e. The largest absolute Gasteiger partial charge is 0.490 e. The first-order valence-corrected chi connectivity index (χ1v) is 13.7. The van der Waals surface area contributed by atoms with E-state index in [1.165, 1.54) is 11.1 Å². The molecule has 8 heteroatoms. The Bertz CT molecular complexity index is 1320. The Kier molecular flexibility index (Phi) is 8.41. The van der Waals surface area contributed by atoms with Crippen LogP contribution < -0.4 is 15.0 Å². The molecule has 2 aromatic carbocycles. The highest BCUT2D eigenvalue weighted by molar-refractivity contribution is 9.10. The highest BCUT2D eigenvalue weighted by Crippen LogP contribution is 2.43. The van der Waals surface area contributed by atoms with Crippen LogP contribution in [0, 0.1) is 5.41 Å². The number of halogens is 2. The number of para-hydroxylation sites is 1. The predicted octanol–water partition coefficient (Wildman–Crippen LogP) is 7.57. The number of benzene rings is 2. The van der Waals surface area contributed by atoms with E-state index in [0.29, 0.717) is 56.5 Å². The summed E-state index contributed by atoms with van der Waals surface area (Å²) in [7, 11) is 0. The number of nitrogens with zero attached hydrogens (tertiary/aromatic N) is 3. The maximum absolute atomic E-state index is 13.5. The summed E-state index contributed by atoms with van der Waals surface area (Å²) in [5, 5.41) is 5.61. The van der Waals surface area contributed by atoms with Gasteiger partial charge < -0.3 is 9.47 Å². The van der Waals surface area contributed by atoms with Gasteiger partial charge >= 0.3 is 0 Å². The van der Waals surface area contributed by atoms with Crippen LogP contribution in [-0.4, -0.2) is 29.1 Å². The van der Waals surface area contributed by atoms with Crippen LogP contribution in [0.1, 0.15) is 77.1 Å². The number of aromatic nitrogens is 2. The Morgan fingerprint density at radius 3 is 2.61 bits per heavy atom. The highest BCUT2D eigenvalue weighted by atomic mass is 79.9. The van der Waals surface area contributed by atoms with Gasteiger partial charge in [-0.15, -0.1) is 0 Å². The van der Waals surface area contributed by atoms with Crippen molar-refractivity contribution >= 4 is 44.6 Å². The number of fused-ring (bicyclic) bond motifs is 1. The summed E-state index contributed by atoms with van der Waals surface area (Å²) in [6.45, 7) is 9.13. The van der Waals surface area contributed by atoms with Gasteiger partial charge in [-0.3, -0.25) is 4.79 Å². The zero-order valence-electron chi connectivity index (χ0n) is 21.3. The molecule has 0 bridgehead atoms. The molecular formula is C28H33BrClN3O3. The van der Waals surface area contributed by atoms with E-state index < -0.39 is 0 Å². The first kappa shape index (κ1) is 26.7. The minimum atomic E-state index is -0.171. The number of hydrogen-bond donors (Lipinski definition) is 0. The standard InChI is InChI=1S/C28H33BrClN3O3/c1-5-35-22-15-19(23(29)24(30)25(22)36-17-28(2,3)4)16-31-33-26(18-11-7-6-8-12-18)32-21-14-10-9-13-20(21)27(33)34/h9-10,13-16,18H,5-8,11-12,17H2,1-4H3. The molecule has 0 radical (unpaired) electrons. The molecule has 4 rings (SSSR count). The molecule has 1 aromatic heterocycles. The van der Waals surface area contributed by atoms with Crippen molar-refractivity contribution in [1.29, 1.82) is 0 Å². The molecule has 0 aliphatic heterocycles. The quantitative estimate of drug-likeness (QED) is 0.273. The fourth-order valence-corrected chi connectivity index (χ4v) is 5.04. The van der Waals surface area contributed by atoms with Gasteiger partial charge in [0.25, 0.3) is 5.56 Å². The van der Waals surface area contributed by atoms with E-state index in [1.54, 1.807) is 12.3 Å². The second-order valence-electron chi connectivity index (χ2n) is 10.4. The number of ether oxygens (including phenoxy) is 2. The second kappa shape index (κ2) is 11.3. The predicted molar refractivity (Wildman–Crippen MR) is 150 cm³/mol. The van der Waals surface area contributed by atoms with Crippen molar-refractivity contribution in [3.8, 4) is 11.5 Å². The molecule has 0 amide bonds. The fraction of sp³-hybridized carbons (Fsp3) is 0.464.